The largest absolute Gasteiger partial charge is 0.444 e. The molecule has 1 aliphatic carbocycles. The van der Waals surface area contributed by atoms with Crippen LogP contribution in [0.5, 0.6) is 0 Å². The average molecular weight is 294 g/mol. The van der Waals surface area contributed by atoms with Crippen LogP contribution >= 0.6 is 0 Å². The zero-order valence-electron chi connectivity index (χ0n) is 13.1. The molecule has 0 saturated heterocycles. The van der Waals surface area contributed by atoms with Crippen LogP contribution in [0.25, 0.3) is 0 Å². The molecule has 1 amide bonds. The van der Waals surface area contributed by atoms with Crippen LogP contribution in [0.3, 0.4) is 0 Å². The summed E-state index contributed by atoms with van der Waals surface area (Å²) in [6, 6.07) is 2.68. The van der Waals surface area contributed by atoms with Crippen LogP contribution < -0.4 is 10.6 Å². The smallest absolute Gasteiger partial charge is 0.407 e. The van der Waals surface area contributed by atoms with E-state index < -0.39 is 5.60 Å². The number of aryl methyl sites for hydroxylation is 1. The predicted molar refractivity (Wildman–Crippen MR) is 81.0 cm³/mol. The van der Waals surface area contributed by atoms with Crippen molar-refractivity contribution in [1.82, 2.24) is 20.4 Å². The van der Waals surface area contributed by atoms with Crippen LogP contribution in [-0.2, 0) is 11.3 Å². The summed E-state index contributed by atoms with van der Waals surface area (Å²) in [6.45, 7) is 7.53. The van der Waals surface area contributed by atoms with Crippen LogP contribution in [0.4, 0.5) is 4.79 Å². The molecule has 0 bridgehead atoms. The van der Waals surface area contributed by atoms with E-state index >= 15 is 0 Å². The summed E-state index contributed by atoms with van der Waals surface area (Å²) in [7, 11) is 0. The standard InChI is InChI=1S/C15H26N4O2/c1-15(2,3)21-14(20)18-13-10-12(11-13)16-6-4-8-19-9-5-7-17-19/h5,7,9,12-13,16H,4,6,8,10-11H2,1-3H3,(H,18,20). The number of ether oxygens (including phenoxy) is 1. The summed E-state index contributed by atoms with van der Waals surface area (Å²) >= 11 is 0. The molecule has 2 rings (SSSR count). The van der Waals surface area contributed by atoms with Gasteiger partial charge in [-0.15, -0.1) is 0 Å². The summed E-state index contributed by atoms with van der Waals surface area (Å²) < 4.78 is 7.18. The Morgan fingerprint density at radius 2 is 2.14 bits per heavy atom. The Balaban J connectivity index is 1.50. The second kappa shape index (κ2) is 6.93. The van der Waals surface area contributed by atoms with Crippen LogP contribution in [0.2, 0.25) is 0 Å². The number of aromatic nitrogens is 2. The first-order chi connectivity index (χ1) is 9.92. The van der Waals surface area contributed by atoms with Crippen molar-refractivity contribution >= 4 is 6.09 Å². The van der Waals surface area contributed by atoms with Gasteiger partial charge in [0.1, 0.15) is 5.60 Å². The molecule has 1 aromatic rings. The third kappa shape index (κ3) is 5.75. The van der Waals surface area contributed by atoms with Gasteiger partial charge in [0.25, 0.3) is 0 Å². The van der Waals surface area contributed by atoms with E-state index in [1.165, 1.54) is 0 Å². The maximum absolute atomic E-state index is 11.6. The van der Waals surface area contributed by atoms with E-state index in [1.807, 2.05) is 37.7 Å². The lowest BCUT2D eigenvalue weighted by atomic mass is 9.87. The van der Waals surface area contributed by atoms with Gasteiger partial charge >= 0.3 is 6.09 Å². The van der Waals surface area contributed by atoms with Gasteiger partial charge in [-0.2, -0.15) is 5.10 Å². The molecule has 0 radical (unpaired) electrons. The number of hydrogen-bond donors (Lipinski definition) is 2. The number of carbonyl (C=O) groups excluding carboxylic acids is 1. The van der Waals surface area contributed by atoms with Gasteiger partial charge in [-0.3, -0.25) is 4.68 Å². The van der Waals surface area contributed by atoms with E-state index in [2.05, 4.69) is 15.7 Å². The molecule has 2 N–H and O–H groups in total. The summed E-state index contributed by atoms with van der Waals surface area (Å²) in [4.78, 5) is 11.6. The predicted octanol–water partition coefficient (Wildman–Crippen LogP) is 1.92. The Bertz CT molecular complexity index is 433. The van der Waals surface area contributed by atoms with E-state index in [0.717, 1.165) is 32.4 Å². The van der Waals surface area contributed by atoms with Gasteiger partial charge in [0.2, 0.25) is 0 Å². The molecule has 1 heterocycles. The molecule has 0 atom stereocenters. The molecule has 6 nitrogen and oxygen atoms in total. The van der Waals surface area contributed by atoms with Crippen molar-refractivity contribution in [2.24, 2.45) is 0 Å². The van der Waals surface area contributed by atoms with Gasteiger partial charge in [0, 0.05) is 31.0 Å². The first-order valence-corrected chi connectivity index (χ1v) is 7.63. The summed E-state index contributed by atoms with van der Waals surface area (Å²) in [5, 5.41) is 10.6. The van der Waals surface area contributed by atoms with Gasteiger partial charge < -0.3 is 15.4 Å². The average Bonchev–Trinajstić information content (AvgIpc) is 2.81. The zero-order valence-corrected chi connectivity index (χ0v) is 13.1. The molecule has 1 aromatic heterocycles. The molecule has 0 aromatic carbocycles. The van der Waals surface area contributed by atoms with Crippen LogP contribution in [0.1, 0.15) is 40.0 Å². The quantitative estimate of drug-likeness (QED) is 0.787. The summed E-state index contributed by atoms with van der Waals surface area (Å²) in [6.07, 6.45) is 6.46. The zero-order chi connectivity index (χ0) is 15.3. The Labute approximate surface area is 126 Å². The second-order valence-corrected chi connectivity index (χ2v) is 6.59. The highest BCUT2D eigenvalue weighted by Gasteiger charge is 2.30. The lowest BCUT2D eigenvalue weighted by molar-refractivity contribution is 0.0465. The topological polar surface area (TPSA) is 68.2 Å². The van der Waals surface area contributed by atoms with Gasteiger partial charge in [-0.1, -0.05) is 0 Å². The number of hydrogen-bond acceptors (Lipinski definition) is 4. The van der Waals surface area contributed by atoms with Crippen molar-refractivity contribution in [3.8, 4) is 0 Å². The highest BCUT2D eigenvalue weighted by molar-refractivity contribution is 5.68. The van der Waals surface area contributed by atoms with E-state index in [-0.39, 0.29) is 12.1 Å². The summed E-state index contributed by atoms with van der Waals surface area (Å²) in [5.41, 5.74) is -0.433. The van der Waals surface area contributed by atoms with E-state index in [1.54, 1.807) is 6.20 Å². The molecule has 1 fully saturated rings. The van der Waals surface area contributed by atoms with Crippen molar-refractivity contribution in [1.29, 1.82) is 0 Å². The fourth-order valence-corrected chi connectivity index (χ4v) is 2.36. The van der Waals surface area contributed by atoms with Gasteiger partial charge in [0.15, 0.2) is 0 Å². The number of alkyl carbamates (subject to hydrolysis) is 1. The van der Waals surface area contributed by atoms with Crippen molar-refractivity contribution in [3.63, 3.8) is 0 Å². The van der Waals surface area contributed by atoms with Crippen LogP contribution in [0, 0.1) is 0 Å². The molecule has 0 aliphatic heterocycles. The SMILES string of the molecule is CC(C)(C)OC(=O)NC1CC(NCCCn2cccn2)C1. The molecule has 0 unspecified atom stereocenters. The Morgan fingerprint density at radius 1 is 1.38 bits per heavy atom. The van der Waals surface area contributed by atoms with Crippen LogP contribution in [-0.4, -0.2) is 40.1 Å². The van der Waals surface area contributed by atoms with Crippen molar-refractivity contribution in [2.45, 2.75) is 64.3 Å². The first kappa shape index (κ1) is 15.8. The van der Waals surface area contributed by atoms with Gasteiger partial charge in [-0.05, 0) is 52.6 Å². The molecule has 1 aliphatic rings. The van der Waals surface area contributed by atoms with E-state index in [9.17, 15) is 4.79 Å². The second-order valence-electron chi connectivity index (χ2n) is 6.59. The minimum absolute atomic E-state index is 0.239. The molecular formula is C15H26N4O2. The maximum atomic E-state index is 11.6. The minimum Gasteiger partial charge on any atom is -0.444 e. The minimum atomic E-state index is -0.433. The van der Waals surface area contributed by atoms with Crippen molar-refractivity contribution in [3.05, 3.63) is 18.5 Å². The fourth-order valence-electron chi connectivity index (χ4n) is 2.36. The highest BCUT2D eigenvalue weighted by Crippen LogP contribution is 2.20. The number of nitrogens with zero attached hydrogens (tertiary/aromatic N) is 2. The molecule has 1 saturated carbocycles. The molecule has 6 heteroatoms. The van der Waals surface area contributed by atoms with E-state index in [0.29, 0.717) is 6.04 Å². The van der Waals surface area contributed by atoms with Gasteiger partial charge in [0.05, 0.1) is 0 Å². The third-order valence-electron chi connectivity index (χ3n) is 3.42. The van der Waals surface area contributed by atoms with Crippen molar-refractivity contribution in [2.75, 3.05) is 6.54 Å². The Hall–Kier alpha value is -1.56. The number of nitrogens with one attached hydrogen (secondary N) is 2. The lowest BCUT2D eigenvalue weighted by Gasteiger charge is -2.36. The normalized spacial score (nSPS) is 21.7. The molecule has 118 valence electrons. The third-order valence-corrected chi connectivity index (χ3v) is 3.42. The highest BCUT2D eigenvalue weighted by atomic mass is 16.6. The number of carbonyl (C=O) groups is 1. The lowest BCUT2D eigenvalue weighted by Crippen LogP contribution is -2.53. The van der Waals surface area contributed by atoms with E-state index in [4.69, 9.17) is 4.74 Å². The Morgan fingerprint density at radius 3 is 2.76 bits per heavy atom. The number of amides is 1. The van der Waals surface area contributed by atoms with Gasteiger partial charge in [-0.25, -0.2) is 4.79 Å². The van der Waals surface area contributed by atoms with Crippen LogP contribution in [0.15, 0.2) is 18.5 Å². The molecule has 21 heavy (non-hydrogen) atoms. The molecular weight excluding hydrogens is 268 g/mol. The fraction of sp³-hybridized carbons (Fsp3) is 0.733. The summed E-state index contributed by atoms with van der Waals surface area (Å²) in [5.74, 6) is 0. The molecule has 0 spiro atoms. The maximum Gasteiger partial charge on any atom is 0.407 e. The first-order valence-electron chi connectivity index (χ1n) is 7.63. The Kier molecular flexibility index (Phi) is 5.22. The monoisotopic (exact) mass is 294 g/mol. The van der Waals surface area contributed by atoms with Crippen molar-refractivity contribution < 1.29 is 9.53 Å². The number of rotatable bonds is 6.